The Morgan fingerprint density at radius 1 is 1.06 bits per heavy atom. The smallest absolute Gasteiger partial charge is 0.247 e. The van der Waals surface area contributed by atoms with Gasteiger partial charge in [0, 0.05) is 37.6 Å². The van der Waals surface area contributed by atoms with Gasteiger partial charge in [0.05, 0.1) is 6.54 Å². The van der Waals surface area contributed by atoms with Crippen LogP contribution in [0.4, 0.5) is 0 Å². The Balaban J connectivity index is 1.76. The molecule has 5 heteroatoms. The van der Waals surface area contributed by atoms with Crippen LogP contribution in [-0.2, 0) is 23.2 Å². The number of hydrogen-bond donors (Lipinski definition) is 0. The molecule has 172 valence electrons. The monoisotopic (exact) mass is 435 g/mol. The number of hydrogen-bond acceptors (Lipinski definition) is 2. The normalized spacial score (nSPS) is 14.8. The molecule has 0 N–H and O–H groups in total. The summed E-state index contributed by atoms with van der Waals surface area (Å²) in [5.74, 6) is 0.306. The maximum atomic E-state index is 13.4. The van der Waals surface area contributed by atoms with E-state index in [1.807, 2.05) is 76.2 Å². The number of aryl methyl sites for hydroxylation is 1. The van der Waals surface area contributed by atoms with Crippen molar-refractivity contribution in [1.82, 2.24) is 14.4 Å². The minimum atomic E-state index is -0.0718. The molecule has 1 aliphatic carbocycles. The summed E-state index contributed by atoms with van der Waals surface area (Å²) in [6.07, 6.45) is 10.9. The van der Waals surface area contributed by atoms with Crippen molar-refractivity contribution in [3.05, 3.63) is 66.0 Å². The molecule has 1 heterocycles. The summed E-state index contributed by atoms with van der Waals surface area (Å²) < 4.78 is 2.05. The number of aromatic nitrogens is 1. The highest BCUT2D eigenvalue weighted by atomic mass is 16.2. The van der Waals surface area contributed by atoms with E-state index in [4.69, 9.17) is 0 Å². The van der Waals surface area contributed by atoms with Crippen LogP contribution in [-0.4, -0.2) is 45.3 Å². The van der Waals surface area contributed by atoms with Gasteiger partial charge in [-0.05, 0) is 42.5 Å². The van der Waals surface area contributed by atoms with Crippen molar-refractivity contribution in [2.24, 2.45) is 13.0 Å². The number of benzene rings is 1. The van der Waals surface area contributed by atoms with E-state index < -0.39 is 0 Å². The Hall–Kier alpha value is -2.82. The van der Waals surface area contributed by atoms with Gasteiger partial charge in [0.15, 0.2) is 0 Å². The number of carbonyl (C=O) groups is 2. The molecular formula is C27H37N3O2. The van der Waals surface area contributed by atoms with Crippen LogP contribution in [0.2, 0.25) is 0 Å². The third kappa shape index (κ3) is 6.84. The number of rotatable bonds is 9. The van der Waals surface area contributed by atoms with Crippen LogP contribution < -0.4 is 0 Å². The summed E-state index contributed by atoms with van der Waals surface area (Å²) in [6, 6.07) is 14.0. The molecule has 1 aromatic carbocycles. The second-order valence-electron chi connectivity index (χ2n) is 9.28. The lowest BCUT2D eigenvalue weighted by Crippen LogP contribution is -2.48. The first-order valence-electron chi connectivity index (χ1n) is 11.9. The molecule has 0 radical (unpaired) electrons. The highest BCUT2D eigenvalue weighted by Gasteiger charge is 2.28. The van der Waals surface area contributed by atoms with Crippen molar-refractivity contribution < 1.29 is 9.59 Å². The molecule has 0 aliphatic heterocycles. The van der Waals surface area contributed by atoms with Crippen molar-refractivity contribution in [3.63, 3.8) is 0 Å². The molecule has 2 aromatic rings. The zero-order valence-electron chi connectivity index (χ0n) is 19.7. The van der Waals surface area contributed by atoms with E-state index in [1.165, 1.54) is 6.42 Å². The zero-order chi connectivity index (χ0) is 22.9. The predicted molar refractivity (Wildman–Crippen MR) is 130 cm³/mol. The number of carbonyl (C=O) groups excluding carboxylic acids is 2. The summed E-state index contributed by atoms with van der Waals surface area (Å²) in [7, 11) is 2.00. The maximum Gasteiger partial charge on any atom is 0.247 e. The van der Waals surface area contributed by atoms with Gasteiger partial charge in [-0.2, -0.15) is 0 Å². The SMILES string of the molecule is CC(C)CN(Cc1cccn1C)C(=O)CN(C(=O)C=Cc1ccccc1)C1CCCCC1. The fourth-order valence-electron chi connectivity index (χ4n) is 4.40. The van der Waals surface area contributed by atoms with Gasteiger partial charge in [-0.3, -0.25) is 9.59 Å². The van der Waals surface area contributed by atoms with Crippen LogP contribution in [0.25, 0.3) is 6.08 Å². The zero-order valence-corrected chi connectivity index (χ0v) is 19.7. The van der Waals surface area contributed by atoms with Crippen molar-refractivity contribution in [1.29, 1.82) is 0 Å². The fourth-order valence-corrected chi connectivity index (χ4v) is 4.40. The van der Waals surface area contributed by atoms with Crippen molar-refractivity contribution in [2.45, 2.75) is 58.5 Å². The van der Waals surface area contributed by atoms with Crippen LogP contribution in [0.3, 0.4) is 0 Å². The van der Waals surface area contributed by atoms with Gasteiger partial charge in [-0.25, -0.2) is 0 Å². The van der Waals surface area contributed by atoms with Gasteiger partial charge >= 0.3 is 0 Å². The number of amides is 2. The predicted octanol–water partition coefficient (Wildman–Crippen LogP) is 4.88. The Kier molecular flexibility index (Phi) is 8.72. The summed E-state index contributed by atoms with van der Waals surface area (Å²) in [4.78, 5) is 30.4. The lowest BCUT2D eigenvalue weighted by molar-refractivity contribution is -0.141. The molecule has 3 rings (SSSR count). The first-order chi connectivity index (χ1) is 15.4. The third-order valence-corrected chi connectivity index (χ3v) is 6.16. The minimum absolute atomic E-state index is 0.0203. The van der Waals surface area contributed by atoms with Crippen LogP contribution in [0, 0.1) is 5.92 Å². The molecule has 0 atom stereocenters. The van der Waals surface area contributed by atoms with Crippen LogP contribution in [0.1, 0.15) is 57.2 Å². The molecule has 0 bridgehead atoms. The molecule has 0 spiro atoms. The molecule has 1 saturated carbocycles. The van der Waals surface area contributed by atoms with Crippen molar-refractivity contribution in [3.8, 4) is 0 Å². The van der Waals surface area contributed by atoms with E-state index in [2.05, 4.69) is 13.8 Å². The van der Waals surface area contributed by atoms with E-state index in [-0.39, 0.29) is 24.4 Å². The maximum absolute atomic E-state index is 13.4. The molecule has 0 unspecified atom stereocenters. The summed E-state index contributed by atoms with van der Waals surface area (Å²) >= 11 is 0. The molecular weight excluding hydrogens is 398 g/mol. The summed E-state index contributed by atoms with van der Waals surface area (Å²) in [6.45, 7) is 5.62. The Morgan fingerprint density at radius 3 is 2.41 bits per heavy atom. The van der Waals surface area contributed by atoms with E-state index >= 15 is 0 Å². The lowest BCUT2D eigenvalue weighted by Gasteiger charge is -2.35. The van der Waals surface area contributed by atoms with Crippen molar-refractivity contribution >= 4 is 17.9 Å². The second kappa shape index (κ2) is 11.7. The van der Waals surface area contributed by atoms with Crippen molar-refractivity contribution in [2.75, 3.05) is 13.1 Å². The molecule has 1 aliphatic rings. The Labute approximate surface area is 192 Å². The Morgan fingerprint density at radius 2 is 1.78 bits per heavy atom. The van der Waals surface area contributed by atoms with Gasteiger partial charge in [-0.15, -0.1) is 0 Å². The van der Waals surface area contributed by atoms with Gasteiger partial charge in [-0.1, -0.05) is 63.4 Å². The van der Waals surface area contributed by atoms with Crippen LogP contribution in [0.5, 0.6) is 0 Å². The first kappa shape index (κ1) is 23.8. The average molecular weight is 436 g/mol. The van der Waals surface area contributed by atoms with Crippen LogP contribution in [0.15, 0.2) is 54.7 Å². The van der Waals surface area contributed by atoms with Gasteiger partial charge in [0.1, 0.15) is 6.54 Å². The third-order valence-electron chi connectivity index (χ3n) is 6.16. The highest BCUT2D eigenvalue weighted by Crippen LogP contribution is 2.23. The average Bonchev–Trinajstić information content (AvgIpc) is 3.20. The molecule has 2 amide bonds. The largest absolute Gasteiger partial charge is 0.353 e. The first-order valence-corrected chi connectivity index (χ1v) is 11.9. The summed E-state index contributed by atoms with van der Waals surface area (Å²) in [5, 5.41) is 0. The molecule has 1 aromatic heterocycles. The summed E-state index contributed by atoms with van der Waals surface area (Å²) in [5.41, 5.74) is 2.08. The highest BCUT2D eigenvalue weighted by molar-refractivity contribution is 5.94. The standard InChI is InChI=1S/C27H37N3O2/c1-22(2)19-29(20-25-15-10-18-28(25)3)27(32)21-30(24-13-8-5-9-14-24)26(31)17-16-23-11-6-4-7-12-23/h4,6-7,10-12,15-18,22,24H,5,8-9,13-14,19-21H2,1-3H3. The minimum Gasteiger partial charge on any atom is -0.353 e. The number of nitrogens with zero attached hydrogens (tertiary/aromatic N) is 3. The fraction of sp³-hybridized carbons (Fsp3) is 0.481. The quantitative estimate of drug-likeness (QED) is 0.527. The van der Waals surface area contributed by atoms with E-state index in [9.17, 15) is 9.59 Å². The molecule has 1 fully saturated rings. The Bertz CT molecular complexity index is 895. The van der Waals surface area contributed by atoms with Gasteiger partial charge in [0.2, 0.25) is 11.8 Å². The van der Waals surface area contributed by atoms with Crippen LogP contribution >= 0.6 is 0 Å². The van der Waals surface area contributed by atoms with E-state index in [1.54, 1.807) is 6.08 Å². The topological polar surface area (TPSA) is 45.6 Å². The van der Waals surface area contributed by atoms with Gasteiger partial charge < -0.3 is 14.4 Å². The van der Waals surface area contributed by atoms with E-state index in [0.717, 1.165) is 36.9 Å². The molecule has 0 saturated heterocycles. The second-order valence-corrected chi connectivity index (χ2v) is 9.28. The molecule has 5 nitrogen and oxygen atoms in total. The molecule has 32 heavy (non-hydrogen) atoms. The van der Waals surface area contributed by atoms with Gasteiger partial charge in [0.25, 0.3) is 0 Å². The van der Waals surface area contributed by atoms with E-state index in [0.29, 0.717) is 19.0 Å². The lowest BCUT2D eigenvalue weighted by atomic mass is 9.94.